The summed E-state index contributed by atoms with van der Waals surface area (Å²) in [6.07, 6.45) is 3.32. The van der Waals surface area contributed by atoms with Crippen LogP contribution in [0.1, 0.15) is 29.4 Å². The number of hydrogen-bond donors (Lipinski definition) is 2. The fourth-order valence-electron chi connectivity index (χ4n) is 3.37. The number of aromatic nitrogens is 1. The van der Waals surface area contributed by atoms with Gasteiger partial charge in [-0.15, -0.1) is 0 Å². The number of carbonyl (C=O) groups excluding carboxylic acids is 1. The van der Waals surface area contributed by atoms with E-state index in [-0.39, 0.29) is 17.8 Å². The number of benzene rings is 1. The Labute approximate surface area is 180 Å². The fourth-order valence-corrected chi connectivity index (χ4v) is 3.37. The summed E-state index contributed by atoms with van der Waals surface area (Å²) in [5.74, 6) is -0.552. The van der Waals surface area contributed by atoms with Crippen LogP contribution in [-0.4, -0.2) is 54.7 Å². The van der Waals surface area contributed by atoms with Crippen molar-refractivity contribution in [2.75, 3.05) is 20.3 Å². The Morgan fingerprint density at radius 2 is 2.32 bits per heavy atom. The fraction of sp³-hybridized carbons (Fsp3) is 0.348. The number of halogens is 1. The number of amides is 1. The third-order valence-corrected chi connectivity index (χ3v) is 5.00. The SMILES string of the molecule is C=C(C=NC(=CC)OC)Cc1cc(C(=O)NC2CCOCC2O)nc2c(F)cccc12. The van der Waals surface area contributed by atoms with Crippen molar-refractivity contribution < 1.29 is 23.8 Å². The van der Waals surface area contributed by atoms with Gasteiger partial charge in [0, 0.05) is 18.2 Å². The number of methoxy groups -OCH3 is 1. The molecule has 7 nitrogen and oxygen atoms in total. The molecular formula is C23H26FN3O4. The average Bonchev–Trinajstić information content (AvgIpc) is 2.76. The van der Waals surface area contributed by atoms with Gasteiger partial charge in [-0.3, -0.25) is 4.79 Å². The number of hydrogen-bond acceptors (Lipinski definition) is 6. The molecule has 0 radical (unpaired) electrons. The minimum atomic E-state index is -0.799. The van der Waals surface area contributed by atoms with Gasteiger partial charge in [0.1, 0.15) is 17.0 Å². The lowest BCUT2D eigenvalue weighted by Crippen LogP contribution is -2.48. The van der Waals surface area contributed by atoms with Crippen molar-refractivity contribution in [3.05, 3.63) is 65.5 Å². The predicted octanol–water partition coefficient (Wildman–Crippen LogP) is 2.93. The molecule has 2 aromatic rings. The summed E-state index contributed by atoms with van der Waals surface area (Å²) in [6.45, 7) is 6.41. The van der Waals surface area contributed by atoms with E-state index in [0.29, 0.717) is 41.9 Å². The van der Waals surface area contributed by atoms with Crippen molar-refractivity contribution in [2.24, 2.45) is 4.99 Å². The second-order valence-corrected chi connectivity index (χ2v) is 7.24. The molecule has 1 aliphatic rings. The molecule has 1 aromatic carbocycles. The number of aliphatic imine (C=N–C) groups is 1. The molecule has 3 rings (SSSR count). The van der Waals surface area contributed by atoms with Gasteiger partial charge >= 0.3 is 0 Å². The van der Waals surface area contributed by atoms with Crippen LogP contribution in [0.5, 0.6) is 0 Å². The van der Waals surface area contributed by atoms with E-state index in [2.05, 4.69) is 21.9 Å². The number of rotatable bonds is 7. The van der Waals surface area contributed by atoms with E-state index in [9.17, 15) is 14.3 Å². The minimum absolute atomic E-state index is 0.0714. The normalized spacial score (nSPS) is 19.5. The maximum Gasteiger partial charge on any atom is 0.270 e. The van der Waals surface area contributed by atoms with E-state index in [1.807, 2.05) is 0 Å². The number of nitrogens with one attached hydrogen (secondary N) is 1. The first-order valence-corrected chi connectivity index (χ1v) is 10.00. The lowest BCUT2D eigenvalue weighted by atomic mass is 10.0. The zero-order valence-electron chi connectivity index (χ0n) is 17.6. The highest BCUT2D eigenvalue weighted by Crippen LogP contribution is 2.23. The molecule has 8 heteroatoms. The van der Waals surface area contributed by atoms with Crippen LogP contribution in [0.25, 0.3) is 10.9 Å². The van der Waals surface area contributed by atoms with E-state index in [1.54, 1.807) is 37.4 Å². The van der Waals surface area contributed by atoms with Crippen molar-refractivity contribution >= 4 is 23.0 Å². The first-order chi connectivity index (χ1) is 14.9. The van der Waals surface area contributed by atoms with E-state index < -0.39 is 23.9 Å². The van der Waals surface area contributed by atoms with Crippen LogP contribution in [0.2, 0.25) is 0 Å². The predicted molar refractivity (Wildman–Crippen MR) is 117 cm³/mol. The summed E-state index contributed by atoms with van der Waals surface area (Å²) in [5.41, 5.74) is 1.52. The van der Waals surface area contributed by atoms with Crippen molar-refractivity contribution in [1.29, 1.82) is 0 Å². The van der Waals surface area contributed by atoms with Gasteiger partial charge in [0.2, 0.25) is 5.88 Å². The Kier molecular flexibility index (Phi) is 7.49. The van der Waals surface area contributed by atoms with Crippen LogP contribution >= 0.6 is 0 Å². The number of para-hydroxylation sites is 1. The van der Waals surface area contributed by atoms with Crippen LogP contribution in [0.15, 0.2) is 53.4 Å². The van der Waals surface area contributed by atoms with Gasteiger partial charge in [0.15, 0.2) is 0 Å². The molecule has 2 unspecified atom stereocenters. The molecule has 2 atom stereocenters. The Bertz CT molecular complexity index is 1030. The molecule has 0 spiro atoms. The Balaban J connectivity index is 1.90. The summed E-state index contributed by atoms with van der Waals surface area (Å²) >= 11 is 0. The van der Waals surface area contributed by atoms with Crippen LogP contribution in [0, 0.1) is 5.82 Å². The number of fused-ring (bicyclic) bond motifs is 1. The Morgan fingerprint density at radius 1 is 1.52 bits per heavy atom. The molecule has 1 aliphatic heterocycles. The topological polar surface area (TPSA) is 93.0 Å². The van der Waals surface area contributed by atoms with Crippen LogP contribution in [0.3, 0.4) is 0 Å². The highest BCUT2D eigenvalue weighted by Gasteiger charge is 2.26. The van der Waals surface area contributed by atoms with Crippen LogP contribution < -0.4 is 5.32 Å². The lowest BCUT2D eigenvalue weighted by Gasteiger charge is -2.28. The minimum Gasteiger partial charge on any atom is -0.481 e. The maximum absolute atomic E-state index is 14.5. The van der Waals surface area contributed by atoms with Gasteiger partial charge in [-0.05, 0) is 49.1 Å². The molecule has 164 valence electrons. The lowest BCUT2D eigenvalue weighted by molar-refractivity contribution is -0.0261. The molecule has 2 heterocycles. The number of allylic oxidation sites excluding steroid dienone is 2. The van der Waals surface area contributed by atoms with Gasteiger partial charge in [-0.1, -0.05) is 18.7 Å². The van der Waals surface area contributed by atoms with E-state index in [0.717, 1.165) is 0 Å². The second-order valence-electron chi connectivity index (χ2n) is 7.24. The highest BCUT2D eigenvalue weighted by molar-refractivity contribution is 5.96. The summed E-state index contributed by atoms with van der Waals surface area (Å²) in [5, 5.41) is 13.4. The summed E-state index contributed by atoms with van der Waals surface area (Å²) in [4.78, 5) is 21.3. The zero-order chi connectivity index (χ0) is 22.4. The van der Waals surface area contributed by atoms with Crippen molar-refractivity contribution in [3.8, 4) is 0 Å². The molecule has 31 heavy (non-hydrogen) atoms. The monoisotopic (exact) mass is 427 g/mol. The van der Waals surface area contributed by atoms with Crippen molar-refractivity contribution in [1.82, 2.24) is 10.3 Å². The molecule has 1 aromatic heterocycles. The van der Waals surface area contributed by atoms with E-state index >= 15 is 0 Å². The third-order valence-electron chi connectivity index (χ3n) is 5.00. The number of pyridine rings is 1. The number of carbonyl (C=O) groups is 1. The number of nitrogens with zero attached hydrogens (tertiary/aromatic N) is 2. The van der Waals surface area contributed by atoms with Crippen molar-refractivity contribution in [2.45, 2.75) is 31.9 Å². The maximum atomic E-state index is 14.5. The zero-order valence-corrected chi connectivity index (χ0v) is 17.6. The smallest absolute Gasteiger partial charge is 0.270 e. The second kappa shape index (κ2) is 10.3. The summed E-state index contributed by atoms with van der Waals surface area (Å²) in [6, 6.07) is 5.82. The molecule has 2 N–H and O–H groups in total. The highest BCUT2D eigenvalue weighted by atomic mass is 19.1. The van der Waals surface area contributed by atoms with Gasteiger partial charge in [0.05, 0.1) is 25.9 Å². The first-order valence-electron chi connectivity index (χ1n) is 10.00. The third kappa shape index (κ3) is 5.53. The quantitative estimate of drug-likeness (QED) is 0.524. The largest absolute Gasteiger partial charge is 0.481 e. The summed E-state index contributed by atoms with van der Waals surface area (Å²) < 4.78 is 24.8. The van der Waals surface area contributed by atoms with Gasteiger partial charge in [-0.2, -0.15) is 0 Å². The molecule has 0 saturated carbocycles. The van der Waals surface area contributed by atoms with Gasteiger partial charge < -0.3 is 19.9 Å². The van der Waals surface area contributed by atoms with E-state index in [4.69, 9.17) is 9.47 Å². The van der Waals surface area contributed by atoms with Gasteiger partial charge in [0.25, 0.3) is 5.91 Å². The molecule has 1 fully saturated rings. The molecule has 0 aliphatic carbocycles. The van der Waals surface area contributed by atoms with Gasteiger partial charge in [-0.25, -0.2) is 14.4 Å². The number of ether oxygens (including phenoxy) is 2. The molecular weight excluding hydrogens is 401 g/mol. The molecule has 1 saturated heterocycles. The summed E-state index contributed by atoms with van der Waals surface area (Å²) in [7, 11) is 1.52. The Hall–Kier alpha value is -3.10. The van der Waals surface area contributed by atoms with Crippen LogP contribution in [0.4, 0.5) is 4.39 Å². The molecule has 0 bridgehead atoms. The first kappa shape index (κ1) is 22.6. The Morgan fingerprint density at radius 3 is 3.03 bits per heavy atom. The van der Waals surface area contributed by atoms with Crippen molar-refractivity contribution in [3.63, 3.8) is 0 Å². The van der Waals surface area contributed by atoms with E-state index in [1.165, 1.54) is 13.2 Å². The number of aliphatic hydroxyl groups excluding tert-OH is 1. The average molecular weight is 427 g/mol. The molecule has 1 amide bonds. The number of aliphatic hydroxyl groups is 1. The standard InChI is InChI=1S/C23H26FN3O4/c1-4-21(30-3)25-12-14(2)10-15-11-19(26-22-16(15)6-5-7-17(22)24)23(29)27-18-8-9-31-13-20(18)28/h4-7,11-12,18,20,28H,2,8-10,13H2,1,3H3,(H,27,29). The van der Waals surface area contributed by atoms with Crippen LogP contribution in [-0.2, 0) is 15.9 Å².